The Hall–Kier alpha value is -1.11. The molecule has 0 atom stereocenters. The van der Waals surface area contributed by atoms with Crippen molar-refractivity contribution in [2.45, 2.75) is 31.6 Å². The van der Waals surface area contributed by atoms with Gasteiger partial charge in [0.1, 0.15) is 5.82 Å². The molecule has 0 radical (unpaired) electrons. The summed E-state index contributed by atoms with van der Waals surface area (Å²) in [6.07, 6.45) is 5.17. The monoisotopic (exact) mass is 266 g/mol. The first-order valence-corrected chi connectivity index (χ1v) is 7.05. The van der Waals surface area contributed by atoms with Gasteiger partial charge in [-0.15, -0.1) is 0 Å². The Bertz CT molecular complexity index is 415. The molecule has 6 nitrogen and oxygen atoms in total. The first kappa shape index (κ1) is 12.9. The van der Waals surface area contributed by atoms with Crippen LogP contribution in [0, 0.1) is 0 Å². The number of aromatic nitrogens is 2. The second-order valence-electron chi connectivity index (χ2n) is 5.34. The van der Waals surface area contributed by atoms with E-state index in [1.54, 1.807) is 0 Å². The summed E-state index contributed by atoms with van der Waals surface area (Å²) in [7, 11) is 0. The van der Waals surface area contributed by atoms with Gasteiger partial charge in [0.2, 0.25) is 0 Å². The first-order valence-electron chi connectivity index (χ1n) is 7.05. The highest BCUT2D eigenvalue weighted by Gasteiger charge is 2.40. The molecular weight excluding hydrogens is 244 g/mol. The van der Waals surface area contributed by atoms with Crippen molar-refractivity contribution in [2.24, 2.45) is 0 Å². The fraction of sp³-hybridized carbons (Fsp3) is 0.769. The molecule has 0 unspecified atom stereocenters. The van der Waals surface area contributed by atoms with Crippen molar-refractivity contribution in [1.29, 1.82) is 0 Å². The molecule has 2 aliphatic heterocycles. The molecule has 1 spiro atoms. The minimum atomic E-state index is -0.311. The average Bonchev–Trinajstić information content (AvgIpc) is 3.00. The van der Waals surface area contributed by atoms with Crippen LogP contribution >= 0.6 is 0 Å². The predicted octanol–water partition coefficient (Wildman–Crippen LogP) is 0.694. The van der Waals surface area contributed by atoms with Gasteiger partial charge in [-0.1, -0.05) is 0 Å². The third kappa shape index (κ3) is 3.08. The minimum absolute atomic E-state index is 0.311. The van der Waals surface area contributed by atoms with E-state index in [2.05, 4.69) is 10.00 Å². The maximum Gasteiger partial charge on any atom is 0.181 e. The van der Waals surface area contributed by atoms with Gasteiger partial charge in [0.15, 0.2) is 5.79 Å². The fourth-order valence-corrected chi connectivity index (χ4v) is 2.95. The summed E-state index contributed by atoms with van der Waals surface area (Å²) in [5, 5.41) is 4.19. The number of hydrogen-bond acceptors (Lipinski definition) is 5. The predicted molar refractivity (Wildman–Crippen MR) is 71.6 cm³/mol. The summed E-state index contributed by atoms with van der Waals surface area (Å²) in [6.45, 7) is 5.46. The third-order valence-electron chi connectivity index (χ3n) is 3.83. The van der Waals surface area contributed by atoms with Crippen LogP contribution in [0.15, 0.2) is 12.3 Å². The number of nitrogens with two attached hydrogens (primary N) is 1. The summed E-state index contributed by atoms with van der Waals surface area (Å²) in [4.78, 5) is 2.43. The number of rotatable bonds is 4. The highest BCUT2D eigenvalue weighted by molar-refractivity contribution is 5.23. The van der Waals surface area contributed by atoms with Crippen LogP contribution in [0.5, 0.6) is 0 Å². The zero-order valence-corrected chi connectivity index (χ0v) is 11.3. The van der Waals surface area contributed by atoms with E-state index in [1.807, 2.05) is 16.9 Å². The van der Waals surface area contributed by atoms with Crippen molar-refractivity contribution >= 4 is 5.82 Å². The molecule has 106 valence electrons. The van der Waals surface area contributed by atoms with Gasteiger partial charge in [-0.2, -0.15) is 5.10 Å². The summed E-state index contributed by atoms with van der Waals surface area (Å²) < 4.78 is 13.5. The molecule has 2 saturated heterocycles. The molecule has 19 heavy (non-hydrogen) atoms. The van der Waals surface area contributed by atoms with Gasteiger partial charge in [0, 0.05) is 25.7 Å². The van der Waals surface area contributed by atoms with Crippen LogP contribution in [0.1, 0.15) is 19.3 Å². The molecule has 2 N–H and O–H groups in total. The van der Waals surface area contributed by atoms with Crippen molar-refractivity contribution in [1.82, 2.24) is 14.7 Å². The number of nitrogens with zero attached hydrogens (tertiary/aromatic N) is 3. The molecule has 0 aliphatic carbocycles. The molecule has 2 aliphatic rings. The van der Waals surface area contributed by atoms with E-state index in [0.717, 1.165) is 58.7 Å². The zero-order chi connectivity index (χ0) is 13.1. The average molecular weight is 266 g/mol. The molecule has 0 saturated carbocycles. The van der Waals surface area contributed by atoms with Crippen LogP contribution in [0.4, 0.5) is 5.82 Å². The van der Waals surface area contributed by atoms with Crippen LogP contribution in [0.3, 0.4) is 0 Å². The number of aryl methyl sites for hydroxylation is 1. The Morgan fingerprint density at radius 1 is 1.32 bits per heavy atom. The maximum atomic E-state index is 5.78. The van der Waals surface area contributed by atoms with Gasteiger partial charge in [-0.3, -0.25) is 9.58 Å². The number of piperidine rings is 1. The van der Waals surface area contributed by atoms with Crippen LogP contribution in [-0.4, -0.2) is 53.3 Å². The molecule has 0 amide bonds. The summed E-state index contributed by atoms with van der Waals surface area (Å²) >= 11 is 0. The van der Waals surface area contributed by atoms with Crippen molar-refractivity contribution in [2.75, 3.05) is 38.6 Å². The van der Waals surface area contributed by atoms with Gasteiger partial charge in [0.25, 0.3) is 0 Å². The van der Waals surface area contributed by atoms with Crippen LogP contribution in [0.2, 0.25) is 0 Å². The lowest BCUT2D eigenvalue weighted by atomic mass is 10.0. The number of nitrogen functional groups attached to an aromatic ring is 1. The summed E-state index contributed by atoms with van der Waals surface area (Å²) in [5.74, 6) is 0.277. The topological polar surface area (TPSA) is 65.5 Å². The normalized spacial score (nSPS) is 23.2. The SMILES string of the molecule is Nc1ccn(CCCN2CCCC3(C2)OCCO3)n1. The minimum Gasteiger partial charge on any atom is -0.382 e. The molecule has 6 heteroatoms. The number of likely N-dealkylation sites (tertiary alicyclic amines) is 1. The second kappa shape index (κ2) is 5.48. The van der Waals surface area contributed by atoms with Crippen molar-refractivity contribution < 1.29 is 9.47 Å². The largest absolute Gasteiger partial charge is 0.382 e. The second-order valence-corrected chi connectivity index (χ2v) is 5.34. The van der Waals surface area contributed by atoms with Crippen molar-refractivity contribution in [3.8, 4) is 0 Å². The number of ether oxygens (including phenoxy) is 2. The maximum absolute atomic E-state index is 5.78. The first-order chi connectivity index (χ1) is 9.26. The highest BCUT2D eigenvalue weighted by atomic mass is 16.7. The standard InChI is InChI=1S/C13H22N4O2/c14-12-3-8-17(15-12)7-2-6-16-5-1-4-13(11-16)18-9-10-19-13/h3,8H,1-2,4-7,9-11H2,(H2,14,15). The zero-order valence-electron chi connectivity index (χ0n) is 11.3. The fourth-order valence-electron chi connectivity index (χ4n) is 2.95. The van der Waals surface area contributed by atoms with Crippen molar-refractivity contribution in [3.05, 3.63) is 12.3 Å². The van der Waals surface area contributed by atoms with Crippen LogP contribution in [-0.2, 0) is 16.0 Å². The van der Waals surface area contributed by atoms with E-state index in [0.29, 0.717) is 5.82 Å². The number of anilines is 1. The van der Waals surface area contributed by atoms with E-state index in [-0.39, 0.29) is 5.79 Å². The van der Waals surface area contributed by atoms with Crippen LogP contribution in [0.25, 0.3) is 0 Å². The summed E-state index contributed by atoms with van der Waals surface area (Å²) in [5.41, 5.74) is 5.60. The molecular formula is C13H22N4O2. The Balaban J connectivity index is 1.45. The lowest BCUT2D eigenvalue weighted by molar-refractivity contribution is -0.189. The van der Waals surface area contributed by atoms with Gasteiger partial charge in [-0.05, 0) is 25.5 Å². The number of hydrogen-bond donors (Lipinski definition) is 1. The van der Waals surface area contributed by atoms with Gasteiger partial charge < -0.3 is 15.2 Å². The molecule has 0 aromatic carbocycles. The Morgan fingerprint density at radius 3 is 2.89 bits per heavy atom. The van der Waals surface area contributed by atoms with Crippen molar-refractivity contribution in [3.63, 3.8) is 0 Å². The quantitative estimate of drug-likeness (QED) is 0.869. The molecule has 3 rings (SSSR count). The van der Waals surface area contributed by atoms with E-state index in [4.69, 9.17) is 15.2 Å². The Morgan fingerprint density at radius 2 is 2.16 bits per heavy atom. The van der Waals surface area contributed by atoms with E-state index < -0.39 is 0 Å². The van der Waals surface area contributed by atoms with Gasteiger partial charge in [0.05, 0.1) is 19.8 Å². The molecule has 0 bridgehead atoms. The van der Waals surface area contributed by atoms with Crippen LogP contribution < -0.4 is 5.73 Å². The van der Waals surface area contributed by atoms with E-state index >= 15 is 0 Å². The molecule has 1 aromatic heterocycles. The lowest BCUT2D eigenvalue weighted by Gasteiger charge is -2.38. The highest BCUT2D eigenvalue weighted by Crippen LogP contribution is 2.29. The van der Waals surface area contributed by atoms with E-state index in [9.17, 15) is 0 Å². The van der Waals surface area contributed by atoms with Gasteiger partial charge in [-0.25, -0.2) is 0 Å². The smallest absolute Gasteiger partial charge is 0.181 e. The van der Waals surface area contributed by atoms with E-state index in [1.165, 1.54) is 0 Å². The van der Waals surface area contributed by atoms with Gasteiger partial charge >= 0.3 is 0 Å². The Kier molecular flexibility index (Phi) is 3.72. The summed E-state index contributed by atoms with van der Waals surface area (Å²) in [6, 6.07) is 1.83. The molecule has 3 heterocycles. The third-order valence-corrected chi connectivity index (χ3v) is 3.83. The lowest BCUT2D eigenvalue weighted by Crippen LogP contribution is -2.49. The molecule has 2 fully saturated rings. The molecule has 1 aromatic rings. The Labute approximate surface area is 113 Å².